The summed E-state index contributed by atoms with van der Waals surface area (Å²) in [6.07, 6.45) is 32.1. The summed E-state index contributed by atoms with van der Waals surface area (Å²) in [5, 5.41) is 10.2. The van der Waals surface area contributed by atoms with Crippen molar-refractivity contribution < 1.29 is 56.6 Å². The minimum absolute atomic E-state index is 0. The molecule has 0 aliphatic carbocycles. The number of carboxylic acid groups (broad SMARTS) is 1. The molecule has 0 amide bonds. The average molecular weight is 611 g/mol. The largest absolute Gasteiger partial charge is 2.00 e. The SMILES string of the molecule is CCCCCCCCCCCCOS(=O)(=O)[O-].CCCCCCCCCCCC[CH-]CCCCC(=O)[O-].[Ca+2].[Na+]. The minimum Gasteiger partial charge on any atom is -0.726 e. The Morgan fingerprint density at radius 3 is 1.31 bits per heavy atom. The first-order chi connectivity index (χ1) is 17.8. The first kappa shape index (κ1) is 47.5. The normalized spacial score (nSPS) is 10.7. The molecule has 0 radical (unpaired) electrons. The van der Waals surface area contributed by atoms with Crippen LogP contribution >= 0.6 is 0 Å². The third kappa shape index (κ3) is 52.7. The van der Waals surface area contributed by atoms with Crippen molar-refractivity contribution in [3.63, 3.8) is 0 Å². The van der Waals surface area contributed by atoms with Gasteiger partial charge >= 0.3 is 67.3 Å². The molecule has 0 bridgehead atoms. The van der Waals surface area contributed by atoms with Gasteiger partial charge in [0.2, 0.25) is 10.4 Å². The van der Waals surface area contributed by atoms with E-state index in [1.165, 1.54) is 116 Å². The fourth-order valence-electron chi connectivity index (χ4n) is 4.23. The molecule has 0 unspecified atom stereocenters. The Kier molecular flexibility index (Phi) is 48.3. The van der Waals surface area contributed by atoms with Crippen molar-refractivity contribution in [3.8, 4) is 0 Å². The maximum absolute atomic E-state index is 10.2. The van der Waals surface area contributed by atoms with Crippen molar-refractivity contribution in [2.75, 3.05) is 6.61 Å². The molecule has 0 aliphatic heterocycles. The number of rotatable bonds is 28. The van der Waals surface area contributed by atoms with Gasteiger partial charge in [-0.25, -0.2) is 8.42 Å². The van der Waals surface area contributed by atoms with Crippen LogP contribution in [-0.4, -0.2) is 63.3 Å². The van der Waals surface area contributed by atoms with Gasteiger partial charge in [-0.1, -0.05) is 149 Å². The van der Waals surface area contributed by atoms with Crippen molar-refractivity contribution in [2.24, 2.45) is 0 Å². The van der Waals surface area contributed by atoms with Gasteiger partial charge in [-0.05, 0) is 12.8 Å². The van der Waals surface area contributed by atoms with E-state index in [1.54, 1.807) is 0 Å². The Labute approximate surface area is 295 Å². The van der Waals surface area contributed by atoms with Gasteiger partial charge in [0.15, 0.2) is 0 Å². The average Bonchev–Trinajstić information content (AvgIpc) is 2.84. The molecule has 6 nitrogen and oxygen atoms in total. The van der Waals surface area contributed by atoms with E-state index < -0.39 is 16.4 Å². The Bertz CT molecular complexity index is 564. The first-order valence-corrected chi connectivity index (χ1v) is 16.8. The van der Waals surface area contributed by atoms with E-state index in [9.17, 15) is 22.9 Å². The van der Waals surface area contributed by atoms with Gasteiger partial charge < -0.3 is 20.9 Å². The van der Waals surface area contributed by atoms with Crippen LogP contribution < -0.4 is 34.7 Å². The van der Waals surface area contributed by atoms with Crippen LogP contribution in [0.4, 0.5) is 0 Å². The standard InChI is InChI=1S/C18H35O2.C12H26O4S.Ca.Na/c1-2-3-4-5-6-7-8-9-10-11-12-13-14-15-16-17-18(19)20;1-2-3-4-5-6-7-8-9-10-11-12-16-17(13,14)15;;/h13H,2-12,14-17H2,1H3,(H,19,20);2-12H2,1H3,(H,13,14,15);;/q-1;;+2;+1/p-2. The van der Waals surface area contributed by atoms with Gasteiger partial charge in [-0.2, -0.15) is 12.8 Å². The molecule has 0 saturated carbocycles. The maximum Gasteiger partial charge on any atom is 2.00 e. The van der Waals surface area contributed by atoms with E-state index in [2.05, 4.69) is 24.5 Å². The molecule has 0 aromatic heterocycles. The number of carbonyl (C=O) groups is 1. The second kappa shape index (κ2) is 39.6. The molecule has 0 atom stereocenters. The Hall–Kier alpha value is 1.60. The third-order valence-corrected chi connectivity index (χ3v) is 6.98. The molecule has 0 rings (SSSR count). The topological polar surface area (TPSA) is 107 Å². The smallest absolute Gasteiger partial charge is 0.726 e. The molecule has 0 fully saturated rings. The Balaban J connectivity index is -0.000000302. The molecule has 0 spiro atoms. The van der Waals surface area contributed by atoms with Gasteiger partial charge in [0, 0.05) is 5.97 Å². The summed E-state index contributed by atoms with van der Waals surface area (Å²) in [6, 6.07) is 0. The van der Waals surface area contributed by atoms with Crippen LogP contribution in [0.5, 0.6) is 0 Å². The molecule has 0 aliphatic rings. The number of aliphatic carboxylic acids is 1. The number of hydrogen-bond acceptors (Lipinski definition) is 6. The number of hydrogen-bond donors (Lipinski definition) is 0. The summed E-state index contributed by atoms with van der Waals surface area (Å²) < 4.78 is 34.5. The van der Waals surface area contributed by atoms with Crippen LogP contribution in [0.2, 0.25) is 0 Å². The van der Waals surface area contributed by atoms with Crippen LogP contribution in [-0.2, 0) is 19.4 Å². The molecular formula is C30H59CaNaO6S. The zero-order chi connectivity index (χ0) is 27.9. The van der Waals surface area contributed by atoms with Crippen molar-refractivity contribution in [1.29, 1.82) is 0 Å². The molecular weight excluding hydrogens is 551 g/mol. The molecule has 39 heavy (non-hydrogen) atoms. The second-order valence-corrected chi connectivity index (χ2v) is 11.3. The summed E-state index contributed by atoms with van der Waals surface area (Å²) in [5.74, 6) is -0.917. The predicted octanol–water partition coefficient (Wildman–Crippen LogP) is 4.82. The van der Waals surface area contributed by atoms with Crippen LogP contribution in [0, 0.1) is 6.42 Å². The van der Waals surface area contributed by atoms with E-state index in [0.29, 0.717) is 6.42 Å². The predicted molar refractivity (Wildman–Crippen MR) is 157 cm³/mol. The summed E-state index contributed by atoms with van der Waals surface area (Å²) in [5.41, 5.74) is 0. The summed E-state index contributed by atoms with van der Waals surface area (Å²) in [7, 11) is -4.48. The molecule has 0 N–H and O–H groups in total. The van der Waals surface area contributed by atoms with Gasteiger partial charge in [0.25, 0.3) is 0 Å². The van der Waals surface area contributed by atoms with E-state index in [-0.39, 0.29) is 80.3 Å². The van der Waals surface area contributed by atoms with Gasteiger partial charge in [0.05, 0.1) is 6.61 Å². The first-order valence-electron chi connectivity index (χ1n) is 15.4. The van der Waals surface area contributed by atoms with Crippen molar-refractivity contribution in [3.05, 3.63) is 6.42 Å². The van der Waals surface area contributed by atoms with Crippen LogP contribution in [0.3, 0.4) is 0 Å². The quantitative estimate of drug-likeness (QED) is 0.0414. The van der Waals surface area contributed by atoms with E-state index in [4.69, 9.17) is 0 Å². The monoisotopic (exact) mass is 610 g/mol. The molecule has 0 aromatic carbocycles. The molecule has 0 heterocycles. The van der Waals surface area contributed by atoms with E-state index in [1.807, 2.05) is 0 Å². The fourth-order valence-corrected chi connectivity index (χ4v) is 4.55. The number of unbranched alkanes of at least 4 members (excludes halogenated alkanes) is 23. The molecule has 0 aromatic rings. The summed E-state index contributed by atoms with van der Waals surface area (Å²) in [6.45, 7) is 4.51. The number of carbonyl (C=O) groups excluding carboxylic acids is 1. The Morgan fingerprint density at radius 1 is 0.615 bits per heavy atom. The van der Waals surface area contributed by atoms with Crippen LogP contribution in [0.15, 0.2) is 0 Å². The van der Waals surface area contributed by atoms with Gasteiger partial charge in [-0.15, -0.1) is 0 Å². The van der Waals surface area contributed by atoms with Crippen LogP contribution in [0.1, 0.15) is 174 Å². The van der Waals surface area contributed by atoms with Crippen molar-refractivity contribution >= 4 is 54.1 Å². The van der Waals surface area contributed by atoms with Crippen molar-refractivity contribution in [2.45, 2.75) is 174 Å². The Morgan fingerprint density at radius 2 is 0.949 bits per heavy atom. The van der Waals surface area contributed by atoms with Gasteiger partial charge in [-0.3, -0.25) is 4.18 Å². The van der Waals surface area contributed by atoms with Crippen LogP contribution in [0.25, 0.3) is 0 Å². The molecule has 224 valence electrons. The van der Waals surface area contributed by atoms with Gasteiger partial charge in [0.1, 0.15) is 0 Å². The van der Waals surface area contributed by atoms with E-state index >= 15 is 0 Å². The minimum atomic E-state index is -4.48. The second-order valence-electron chi connectivity index (χ2n) is 10.3. The van der Waals surface area contributed by atoms with E-state index in [0.717, 1.165) is 32.1 Å². The maximum atomic E-state index is 10.2. The zero-order valence-electron chi connectivity index (χ0n) is 26.0. The van der Waals surface area contributed by atoms with Crippen molar-refractivity contribution in [1.82, 2.24) is 0 Å². The molecule has 0 saturated heterocycles. The zero-order valence-corrected chi connectivity index (χ0v) is 31.1. The number of carboxylic acids is 1. The third-order valence-electron chi connectivity index (χ3n) is 6.53. The summed E-state index contributed by atoms with van der Waals surface area (Å²) in [4.78, 5) is 10.2. The fraction of sp³-hybridized carbons (Fsp3) is 0.933. The summed E-state index contributed by atoms with van der Waals surface area (Å²) >= 11 is 0. The molecule has 9 heteroatoms.